The number of benzene rings is 2. The van der Waals surface area contributed by atoms with Gasteiger partial charge in [-0.2, -0.15) is 0 Å². The van der Waals surface area contributed by atoms with Gasteiger partial charge in [0.05, 0.1) is 0 Å². The summed E-state index contributed by atoms with van der Waals surface area (Å²) in [5.74, 6) is 1.95. The van der Waals surface area contributed by atoms with Crippen molar-refractivity contribution in [3.8, 4) is 0 Å². The van der Waals surface area contributed by atoms with E-state index in [1.807, 2.05) is 30.0 Å². The third-order valence-electron chi connectivity index (χ3n) is 7.13. The topological polar surface area (TPSA) is 49.3 Å². The maximum atomic E-state index is 13.3. The van der Waals surface area contributed by atoms with Crippen LogP contribution in [0.4, 0.5) is 5.82 Å². The summed E-state index contributed by atoms with van der Waals surface area (Å²) in [5.41, 5.74) is 5.59. The van der Waals surface area contributed by atoms with E-state index in [1.54, 1.807) is 0 Å². The maximum Gasteiger partial charge on any atom is 0.253 e. The number of hydrogen-bond acceptors (Lipinski definition) is 4. The summed E-state index contributed by atoms with van der Waals surface area (Å²) in [5, 5.41) is 0. The van der Waals surface area contributed by atoms with Crippen LogP contribution in [0.5, 0.6) is 0 Å². The van der Waals surface area contributed by atoms with Gasteiger partial charge in [0.1, 0.15) is 11.6 Å². The van der Waals surface area contributed by atoms with Crippen LogP contribution < -0.4 is 4.90 Å². The van der Waals surface area contributed by atoms with Gasteiger partial charge < -0.3 is 9.80 Å². The predicted octanol–water partition coefficient (Wildman–Crippen LogP) is 6.16. The number of aryl methyl sites for hydroxylation is 3. The van der Waals surface area contributed by atoms with Crippen molar-refractivity contribution in [3.05, 3.63) is 88.4 Å². The molecular weight excluding hydrogens is 444 g/mol. The molecule has 1 fully saturated rings. The van der Waals surface area contributed by atoms with Crippen LogP contribution in [0.2, 0.25) is 0 Å². The summed E-state index contributed by atoms with van der Waals surface area (Å²) in [6.07, 6.45) is 7.88. The van der Waals surface area contributed by atoms with Gasteiger partial charge in [0.15, 0.2) is 0 Å². The van der Waals surface area contributed by atoms with Crippen LogP contribution in [0.25, 0.3) is 0 Å². The zero-order chi connectivity index (χ0) is 25.3. The summed E-state index contributed by atoms with van der Waals surface area (Å²) in [4.78, 5) is 27.2. The Bertz CT molecular complexity index is 1130. The van der Waals surface area contributed by atoms with Gasteiger partial charge in [0.2, 0.25) is 0 Å². The van der Waals surface area contributed by atoms with Crippen molar-refractivity contribution in [1.29, 1.82) is 0 Å². The van der Waals surface area contributed by atoms with Crippen molar-refractivity contribution in [2.24, 2.45) is 0 Å². The minimum absolute atomic E-state index is 0.133. The largest absolute Gasteiger partial charge is 0.354 e. The number of nitrogens with zero attached hydrogens (tertiary/aromatic N) is 4. The second-order valence-electron chi connectivity index (χ2n) is 9.96. The van der Waals surface area contributed by atoms with Crippen molar-refractivity contribution in [2.75, 3.05) is 31.1 Å². The van der Waals surface area contributed by atoms with Gasteiger partial charge in [-0.3, -0.25) is 4.79 Å². The highest BCUT2D eigenvalue weighted by atomic mass is 16.2. The van der Waals surface area contributed by atoms with Gasteiger partial charge in [0.25, 0.3) is 5.91 Å². The Balaban J connectivity index is 1.43. The van der Waals surface area contributed by atoms with Crippen LogP contribution in [0, 0.1) is 13.8 Å². The molecular formula is C31H40N4O. The number of carbonyl (C=O) groups is 1. The molecule has 1 aliphatic rings. The predicted molar refractivity (Wildman–Crippen MR) is 148 cm³/mol. The molecule has 5 nitrogen and oxygen atoms in total. The minimum Gasteiger partial charge on any atom is -0.354 e. The van der Waals surface area contributed by atoms with Crippen LogP contribution in [0.1, 0.15) is 77.6 Å². The average Bonchev–Trinajstić information content (AvgIpc) is 3.15. The van der Waals surface area contributed by atoms with Crippen LogP contribution in [-0.2, 0) is 12.8 Å². The Morgan fingerprint density at radius 2 is 1.61 bits per heavy atom. The van der Waals surface area contributed by atoms with Gasteiger partial charge in [-0.15, -0.1) is 0 Å². The summed E-state index contributed by atoms with van der Waals surface area (Å²) < 4.78 is 0. The van der Waals surface area contributed by atoms with E-state index >= 15 is 0 Å². The first-order chi connectivity index (χ1) is 17.5. The maximum absolute atomic E-state index is 13.3. The van der Waals surface area contributed by atoms with E-state index in [0.29, 0.717) is 6.54 Å². The average molecular weight is 485 g/mol. The first-order valence-corrected chi connectivity index (χ1v) is 13.6. The van der Waals surface area contributed by atoms with Gasteiger partial charge in [-0.05, 0) is 56.4 Å². The van der Waals surface area contributed by atoms with Gasteiger partial charge in [0, 0.05) is 49.4 Å². The number of unbranched alkanes of at least 4 members (excludes halogenated alkanes) is 3. The molecule has 1 aliphatic heterocycles. The lowest BCUT2D eigenvalue weighted by atomic mass is 10.0. The molecule has 2 aromatic carbocycles. The Kier molecular flexibility index (Phi) is 9.10. The van der Waals surface area contributed by atoms with Crippen LogP contribution in [-0.4, -0.2) is 47.0 Å². The molecule has 1 amide bonds. The molecule has 1 saturated heterocycles. The summed E-state index contributed by atoms with van der Waals surface area (Å²) >= 11 is 0. The van der Waals surface area contributed by atoms with Gasteiger partial charge in [-0.1, -0.05) is 68.7 Å². The Labute approximate surface area is 216 Å². The first-order valence-electron chi connectivity index (χ1n) is 13.6. The van der Waals surface area contributed by atoms with Gasteiger partial charge >= 0.3 is 0 Å². The van der Waals surface area contributed by atoms with E-state index in [2.05, 4.69) is 60.1 Å². The van der Waals surface area contributed by atoms with Crippen molar-refractivity contribution in [2.45, 2.75) is 65.7 Å². The highest BCUT2D eigenvalue weighted by Crippen LogP contribution is 2.25. The van der Waals surface area contributed by atoms with Crippen molar-refractivity contribution in [1.82, 2.24) is 14.9 Å². The molecule has 0 unspecified atom stereocenters. The molecule has 0 radical (unpaired) electrons. The number of aromatic nitrogens is 2. The van der Waals surface area contributed by atoms with Crippen LogP contribution in [0.3, 0.4) is 0 Å². The lowest BCUT2D eigenvalue weighted by Crippen LogP contribution is -2.35. The second-order valence-corrected chi connectivity index (χ2v) is 9.96. The summed E-state index contributed by atoms with van der Waals surface area (Å²) in [6, 6.07) is 18.8. The molecule has 0 aliphatic carbocycles. The summed E-state index contributed by atoms with van der Waals surface area (Å²) in [7, 11) is 0. The van der Waals surface area contributed by atoms with Crippen molar-refractivity contribution in [3.63, 3.8) is 0 Å². The number of rotatable bonds is 9. The lowest BCUT2D eigenvalue weighted by Gasteiger charge is -2.26. The Morgan fingerprint density at radius 3 is 2.36 bits per heavy atom. The van der Waals surface area contributed by atoms with Crippen molar-refractivity contribution >= 4 is 11.7 Å². The molecule has 0 bridgehead atoms. The van der Waals surface area contributed by atoms with Crippen LogP contribution >= 0.6 is 0 Å². The fourth-order valence-corrected chi connectivity index (χ4v) is 5.07. The highest BCUT2D eigenvalue weighted by Gasteiger charge is 2.23. The summed E-state index contributed by atoms with van der Waals surface area (Å²) in [6.45, 7) is 9.41. The number of anilines is 1. The smallest absolute Gasteiger partial charge is 0.253 e. The third kappa shape index (κ3) is 6.71. The molecule has 4 rings (SSSR count). The fraction of sp³-hybridized carbons (Fsp3) is 0.452. The number of hydrogen-bond donors (Lipinski definition) is 0. The molecule has 0 N–H and O–H groups in total. The Morgan fingerprint density at radius 1 is 0.833 bits per heavy atom. The standard InChI is InChI=1S/C31H40N4O/c1-4-5-6-8-12-26-15-17-28(18-16-26)31(36)35-20-11-19-34(21-22-35)30-29(24(2)32-25(3)33-30)23-27-13-9-7-10-14-27/h7,9-10,13-18H,4-6,8,11-12,19-23H2,1-3H3. The first kappa shape index (κ1) is 25.9. The quantitative estimate of drug-likeness (QED) is 0.341. The zero-order valence-corrected chi connectivity index (χ0v) is 22.2. The minimum atomic E-state index is 0.133. The zero-order valence-electron chi connectivity index (χ0n) is 22.2. The van der Waals surface area contributed by atoms with E-state index in [1.165, 1.54) is 42.4 Å². The second kappa shape index (κ2) is 12.7. The van der Waals surface area contributed by atoms with Crippen LogP contribution in [0.15, 0.2) is 54.6 Å². The van der Waals surface area contributed by atoms with Gasteiger partial charge in [-0.25, -0.2) is 9.97 Å². The van der Waals surface area contributed by atoms with E-state index in [-0.39, 0.29) is 5.91 Å². The molecule has 5 heteroatoms. The monoisotopic (exact) mass is 484 g/mol. The highest BCUT2D eigenvalue weighted by molar-refractivity contribution is 5.94. The third-order valence-corrected chi connectivity index (χ3v) is 7.13. The van der Waals surface area contributed by atoms with E-state index in [9.17, 15) is 4.79 Å². The lowest BCUT2D eigenvalue weighted by molar-refractivity contribution is 0.0767. The van der Waals surface area contributed by atoms with Crippen molar-refractivity contribution < 1.29 is 4.79 Å². The van der Waals surface area contributed by atoms with E-state index in [0.717, 1.165) is 61.8 Å². The molecule has 36 heavy (non-hydrogen) atoms. The number of carbonyl (C=O) groups excluding carboxylic acids is 1. The SMILES string of the molecule is CCCCCCc1ccc(C(=O)N2CCCN(c3nc(C)nc(C)c3Cc3ccccc3)CC2)cc1. The normalized spacial score (nSPS) is 14.1. The molecule has 3 aromatic rings. The molecule has 0 atom stereocenters. The van der Waals surface area contributed by atoms with E-state index in [4.69, 9.17) is 4.98 Å². The molecule has 2 heterocycles. The molecule has 0 spiro atoms. The number of amides is 1. The fourth-order valence-electron chi connectivity index (χ4n) is 5.07. The molecule has 190 valence electrons. The molecule has 1 aromatic heterocycles. The van der Waals surface area contributed by atoms with E-state index < -0.39 is 0 Å². The Hall–Kier alpha value is -3.21. The molecule has 0 saturated carbocycles.